The molecule has 0 bridgehead atoms. The Morgan fingerprint density at radius 3 is 2.53 bits per heavy atom. The maximum atomic E-state index is 11.3. The van der Waals surface area contributed by atoms with Gasteiger partial charge in [0, 0.05) is 0 Å². The molecule has 0 unspecified atom stereocenters. The predicted molar refractivity (Wildman–Crippen MR) is 55.0 cm³/mol. The first-order chi connectivity index (χ1) is 6.88. The van der Waals surface area contributed by atoms with Crippen LogP contribution in [0.1, 0.15) is 10.4 Å². The standard InChI is InChI=1S/C8H8BNO4S/c1-10-15(13,14)5-2-3-7(9)6(4-5)8(11)12/h2-4,10H,1H3,(H,11,12). The van der Waals surface area contributed by atoms with E-state index in [9.17, 15) is 13.2 Å². The Labute approximate surface area is 88.6 Å². The molecule has 0 aliphatic rings. The monoisotopic (exact) mass is 225 g/mol. The van der Waals surface area contributed by atoms with Crippen LogP contribution in [-0.4, -0.2) is 34.4 Å². The third-order valence-electron chi connectivity index (χ3n) is 1.83. The molecule has 1 aromatic carbocycles. The van der Waals surface area contributed by atoms with Crippen LogP contribution >= 0.6 is 0 Å². The van der Waals surface area contributed by atoms with Crippen molar-refractivity contribution in [2.45, 2.75) is 4.90 Å². The summed E-state index contributed by atoms with van der Waals surface area (Å²) in [7, 11) is 2.98. The molecule has 0 amide bonds. The lowest BCUT2D eigenvalue weighted by Gasteiger charge is -2.05. The Balaban J connectivity index is 3.38. The second kappa shape index (κ2) is 4.04. The molecular formula is C8H8BNO4S. The number of hydrogen-bond donors (Lipinski definition) is 2. The van der Waals surface area contributed by atoms with Gasteiger partial charge in [-0.3, -0.25) is 0 Å². The minimum absolute atomic E-state index is 0.0255. The first-order valence-electron chi connectivity index (χ1n) is 3.95. The molecule has 1 rings (SSSR count). The van der Waals surface area contributed by atoms with Gasteiger partial charge in [-0.15, -0.1) is 0 Å². The number of nitrogens with one attached hydrogen (secondary N) is 1. The predicted octanol–water partition coefficient (Wildman–Crippen LogP) is -0.913. The lowest BCUT2D eigenvalue weighted by Crippen LogP contribution is -2.22. The number of carbonyl (C=O) groups is 1. The minimum Gasteiger partial charge on any atom is -0.478 e. The topological polar surface area (TPSA) is 83.5 Å². The average Bonchev–Trinajstić information content (AvgIpc) is 2.17. The van der Waals surface area contributed by atoms with Crippen molar-refractivity contribution in [3.63, 3.8) is 0 Å². The Hall–Kier alpha value is -1.34. The highest BCUT2D eigenvalue weighted by Gasteiger charge is 2.15. The van der Waals surface area contributed by atoms with Crippen molar-refractivity contribution in [1.82, 2.24) is 4.72 Å². The van der Waals surface area contributed by atoms with E-state index < -0.39 is 16.0 Å². The quantitative estimate of drug-likeness (QED) is 0.652. The number of aromatic carboxylic acids is 1. The fourth-order valence-electron chi connectivity index (χ4n) is 1.01. The fraction of sp³-hybridized carbons (Fsp3) is 0.125. The number of sulfonamides is 1. The molecule has 2 radical (unpaired) electrons. The molecular weight excluding hydrogens is 217 g/mol. The second-order valence-electron chi connectivity index (χ2n) is 2.76. The molecule has 0 spiro atoms. The van der Waals surface area contributed by atoms with E-state index in [1.807, 2.05) is 0 Å². The van der Waals surface area contributed by atoms with Crippen LogP contribution in [0.15, 0.2) is 23.1 Å². The molecule has 2 N–H and O–H groups in total. The van der Waals surface area contributed by atoms with Crippen LogP contribution in [-0.2, 0) is 10.0 Å². The average molecular weight is 225 g/mol. The summed E-state index contributed by atoms with van der Waals surface area (Å²) in [6, 6.07) is 3.50. The van der Waals surface area contributed by atoms with Crippen LogP contribution in [0.25, 0.3) is 0 Å². The second-order valence-corrected chi connectivity index (χ2v) is 4.65. The van der Waals surface area contributed by atoms with E-state index in [0.29, 0.717) is 0 Å². The number of rotatable bonds is 3. The Morgan fingerprint density at radius 1 is 1.47 bits per heavy atom. The SMILES string of the molecule is [B]c1ccc(S(=O)(=O)NC)cc1C(=O)O. The van der Waals surface area contributed by atoms with E-state index in [0.717, 1.165) is 6.07 Å². The zero-order valence-electron chi connectivity index (χ0n) is 7.89. The summed E-state index contributed by atoms with van der Waals surface area (Å²) in [5.74, 6) is -1.26. The largest absolute Gasteiger partial charge is 0.478 e. The first kappa shape index (κ1) is 11.7. The van der Waals surface area contributed by atoms with Crippen LogP contribution in [0.5, 0.6) is 0 Å². The molecule has 0 aliphatic heterocycles. The van der Waals surface area contributed by atoms with Crippen LogP contribution in [0.3, 0.4) is 0 Å². The molecule has 0 atom stereocenters. The molecule has 0 aliphatic carbocycles. The van der Waals surface area contributed by atoms with E-state index in [4.69, 9.17) is 13.0 Å². The zero-order chi connectivity index (χ0) is 11.6. The van der Waals surface area contributed by atoms with E-state index >= 15 is 0 Å². The van der Waals surface area contributed by atoms with Gasteiger partial charge < -0.3 is 5.11 Å². The highest BCUT2D eigenvalue weighted by molar-refractivity contribution is 7.89. The highest BCUT2D eigenvalue weighted by Crippen LogP contribution is 2.09. The van der Waals surface area contributed by atoms with Crippen molar-refractivity contribution in [2.24, 2.45) is 0 Å². The maximum Gasteiger partial charge on any atom is 0.335 e. The van der Waals surface area contributed by atoms with Gasteiger partial charge in [0.15, 0.2) is 0 Å². The van der Waals surface area contributed by atoms with Crippen molar-refractivity contribution < 1.29 is 18.3 Å². The molecule has 0 aromatic heterocycles. The lowest BCUT2D eigenvalue weighted by atomic mass is 9.91. The van der Waals surface area contributed by atoms with Crippen LogP contribution in [0, 0.1) is 0 Å². The van der Waals surface area contributed by atoms with Crippen LogP contribution in [0.4, 0.5) is 0 Å². The summed E-state index contributed by atoms with van der Waals surface area (Å²) in [5.41, 5.74) is -0.205. The lowest BCUT2D eigenvalue weighted by molar-refractivity contribution is 0.0698. The van der Waals surface area contributed by atoms with Crippen molar-refractivity contribution in [3.8, 4) is 0 Å². The van der Waals surface area contributed by atoms with Crippen molar-refractivity contribution in [2.75, 3.05) is 7.05 Å². The summed E-state index contributed by atoms with van der Waals surface area (Å²) in [6.07, 6.45) is 0. The minimum atomic E-state index is -3.64. The highest BCUT2D eigenvalue weighted by atomic mass is 32.2. The number of benzene rings is 1. The third kappa shape index (κ3) is 2.37. The van der Waals surface area contributed by atoms with E-state index in [1.165, 1.54) is 19.2 Å². The maximum absolute atomic E-state index is 11.3. The number of hydrogen-bond acceptors (Lipinski definition) is 3. The zero-order valence-corrected chi connectivity index (χ0v) is 8.71. The van der Waals surface area contributed by atoms with Crippen molar-refractivity contribution in [1.29, 1.82) is 0 Å². The Bertz CT molecular complexity index is 497. The Morgan fingerprint density at radius 2 is 2.07 bits per heavy atom. The van der Waals surface area contributed by atoms with Crippen molar-refractivity contribution in [3.05, 3.63) is 23.8 Å². The van der Waals surface area contributed by atoms with Gasteiger partial charge in [-0.25, -0.2) is 17.9 Å². The van der Waals surface area contributed by atoms with Gasteiger partial charge in [-0.2, -0.15) is 0 Å². The molecule has 7 heteroatoms. The van der Waals surface area contributed by atoms with E-state index in [1.54, 1.807) is 0 Å². The normalized spacial score (nSPS) is 11.3. The van der Waals surface area contributed by atoms with Crippen LogP contribution < -0.4 is 10.2 Å². The fourth-order valence-corrected chi connectivity index (χ4v) is 1.76. The van der Waals surface area contributed by atoms with Gasteiger partial charge in [0.1, 0.15) is 7.85 Å². The molecule has 78 valence electrons. The smallest absolute Gasteiger partial charge is 0.335 e. The molecule has 0 saturated heterocycles. The summed E-state index contributed by atoms with van der Waals surface area (Å²) in [5, 5.41) is 8.73. The van der Waals surface area contributed by atoms with Crippen LogP contribution in [0.2, 0.25) is 0 Å². The van der Waals surface area contributed by atoms with Gasteiger partial charge in [0.05, 0.1) is 10.5 Å². The Kier molecular flexibility index (Phi) is 3.16. The summed E-state index contributed by atoms with van der Waals surface area (Å²) >= 11 is 0. The molecule has 0 heterocycles. The summed E-state index contributed by atoms with van der Waals surface area (Å²) < 4.78 is 24.8. The molecule has 0 saturated carbocycles. The summed E-state index contributed by atoms with van der Waals surface area (Å²) in [4.78, 5) is 10.6. The van der Waals surface area contributed by atoms with Gasteiger partial charge in [0.2, 0.25) is 10.0 Å². The summed E-state index contributed by atoms with van der Waals surface area (Å²) in [6.45, 7) is 0. The van der Waals surface area contributed by atoms with Crippen molar-refractivity contribution >= 4 is 29.3 Å². The van der Waals surface area contributed by atoms with Gasteiger partial charge >= 0.3 is 5.97 Å². The molecule has 5 nitrogen and oxygen atoms in total. The molecule has 1 aromatic rings. The van der Waals surface area contributed by atoms with Gasteiger partial charge in [0.25, 0.3) is 0 Å². The van der Waals surface area contributed by atoms with E-state index in [2.05, 4.69) is 4.72 Å². The van der Waals surface area contributed by atoms with Gasteiger partial charge in [-0.1, -0.05) is 11.5 Å². The van der Waals surface area contributed by atoms with E-state index in [-0.39, 0.29) is 15.9 Å². The third-order valence-corrected chi connectivity index (χ3v) is 3.25. The number of carboxylic acid groups (broad SMARTS) is 1. The van der Waals surface area contributed by atoms with Gasteiger partial charge in [-0.05, 0) is 19.2 Å². The first-order valence-corrected chi connectivity index (χ1v) is 5.43. The number of carboxylic acids is 1. The molecule has 15 heavy (non-hydrogen) atoms. The molecule has 0 fully saturated rings.